The Labute approximate surface area is 127 Å². The number of aromatic nitrogens is 2. The first-order chi connectivity index (χ1) is 8.96. The summed E-state index contributed by atoms with van der Waals surface area (Å²) in [5, 5.41) is 0. The second kappa shape index (κ2) is 5.81. The van der Waals surface area contributed by atoms with E-state index in [1.165, 1.54) is 0 Å². The lowest BCUT2D eigenvalue weighted by molar-refractivity contribution is 0.00846. The maximum Gasteiger partial charge on any atom is 0.111 e. The minimum Gasteiger partial charge on any atom is -0.377 e. The molecule has 0 amide bonds. The third kappa shape index (κ3) is 3.30. The standard InChI is InChI=1S/C14H18BrClN2O/c1-14(2,19-3)9-18-12-8-10(15)4-5-11(12)17-13(18)6-7-16/h4-5,8H,6-7,9H2,1-3H3. The Hall–Kier alpha value is -0.580. The monoisotopic (exact) mass is 344 g/mol. The molecule has 0 saturated heterocycles. The van der Waals surface area contributed by atoms with Gasteiger partial charge in [0.25, 0.3) is 0 Å². The summed E-state index contributed by atoms with van der Waals surface area (Å²) in [5.74, 6) is 1.57. The zero-order chi connectivity index (χ0) is 14.0. The van der Waals surface area contributed by atoms with Gasteiger partial charge in [-0.2, -0.15) is 0 Å². The van der Waals surface area contributed by atoms with E-state index in [9.17, 15) is 0 Å². The van der Waals surface area contributed by atoms with E-state index in [0.29, 0.717) is 5.88 Å². The molecular formula is C14H18BrClN2O. The summed E-state index contributed by atoms with van der Waals surface area (Å²) in [6, 6.07) is 6.12. The minimum absolute atomic E-state index is 0.239. The van der Waals surface area contributed by atoms with E-state index in [2.05, 4.69) is 45.4 Å². The molecule has 0 radical (unpaired) electrons. The lowest BCUT2D eigenvalue weighted by atomic mass is 10.1. The van der Waals surface area contributed by atoms with Gasteiger partial charge in [-0.3, -0.25) is 0 Å². The number of nitrogens with zero attached hydrogens (tertiary/aromatic N) is 2. The number of rotatable bonds is 5. The van der Waals surface area contributed by atoms with Gasteiger partial charge in [0, 0.05) is 23.9 Å². The predicted octanol–water partition coefficient (Wildman–Crippen LogP) is 4.01. The highest BCUT2D eigenvalue weighted by atomic mass is 79.9. The van der Waals surface area contributed by atoms with Crippen LogP contribution in [0, 0.1) is 0 Å². The van der Waals surface area contributed by atoms with Crippen molar-refractivity contribution in [2.45, 2.75) is 32.4 Å². The molecule has 3 nitrogen and oxygen atoms in total. The van der Waals surface area contributed by atoms with Gasteiger partial charge in [0.1, 0.15) is 5.82 Å². The Morgan fingerprint density at radius 3 is 2.79 bits per heavy atom. The maximum atomic E-state index is 5.88. The molecule has 0 spiro atoms. The van der Waals surface area contributed by atoms with E-state index in [4.69, 9.17) is 16.3 Å². The smallest absolute Gasteiger partial charge is 0.111 e. The minimum atomic E-state index is -0.239. The number of alkyl halides is 1. The topological polar surface area (TPSA) is 27.1 Å². The molecule has 2 rings (SSSR count). The maximum absolute atomic E-state index is 5.88. The average Bonchev–Trinajstić information content (AvgIpc) is 2.68. The Kier molecular flexibility index (Phi) is 4.54. The fourth-order valence-corrected chi connectivity index (χ4v) is 2.56. The number of hydrogen-bond acceptors (Lipinski definition) is 2. The summed E-state index contributed by atoms with van der Waals surface area (Å²) in [6.45, 7) is 4.89. The van der Waals surface area contributed by atoms with Gasteiger partial charge in [-0.1, -0.05) is 15.9 Å². The summed E-state index contributed by atoms with van der Waals surface area (Å²) >= 11 is 9.39. The molecule has 0 fully saturated rings. The van der Waals surface area contributed by atoms with Crippen LogP contribution in [-0.4, -0.2) is 28.1 Å². The lowest BCUT2D eigenvalue weighted by Crippen LogP contribution is -2.29. The van der Waals surface area contributed by atoms with E-state index >= 15 is 0 Å². The van der Waals surface area contributed by atoms with Crippen LogP contribution in [0.2, 0.25) is 0 Å². The third-order valence-corrected chi connectivity index (χ3v) is 3.88. The normalized spacial score (nSPS) is 12.3. The second-order valence-corrected chi connectivity index (χ2v) is 6.44. The summed E-state index contributed by atoms with van der Waals surface area (Å²) < 4.78 is 8.78. The quantitative estimate of drug-likeness (QED) is 0.766. The number of halogens is 2. The zero-order valence-corrected chi connectivity index (χ0v) is 13.8. The largest absolute Gasteiger partial charge is 0.377 e. The Morgan fingerprint density at radius 2 is 2.16 bits per heavy atom. The molecule has 0 N–H and O–H groups in total. The molecule has 0 saturated carbocycles. The zero-order valence-electron chi connectivity index (χ0n) is 11.4. The third-order valence-electron chi connectivity index (χ3n) is 3.20. The molecule has 0 unspecified atom stereocenters. The van der Waals surface area contributed by atoms with Crippen molar-refractivity contribution in [1.29, 1.82) is 0 Å². The molecule has 1 aromatic heterocycles. The molecule has 0 aliphatic carbocycles. The van der Waals surface area contributed by atoms with Crippen molar-refractivity contribution < 1.29 is 4.74 Å². The molecule has 104 valence electrons. The van der Waals surface area contributed by atoms with E-state index in [-0.39, 0.29) is 5.60 Å². The highest BCUT2D eigenvalue weighted by Gasteiger charge is 2.21. The van der Waals surface area contributed by atoms with Crippen LogP contribution in [0.5, 0.6) is 0 Å². The first-order valence-corrected chi connectivity index (χ1v) is 7.55. The Morgan fingerprint density at radius 1 is 1.42 bits per heavy atom. The first-order valence-electron chi connectivity index (χ1n) is 6.22. The van der Waals surface area contributed by atoms with Crippen LogP contribution in [0.4, 0.5) is 0 Å². The number of ether oxygens (including phenoxy) is 1. The Balaban J connectivity index is 2.53. The SMILES string of the molecule is COC(C)(C)Cn1c(CCCl)nc2ccc(Br)cc21. The highest BCUT2D eigenvalue weighted by molar-refractivity contribution is 9.10. The number of methoxy groups -OCH3 is 1. The number of imidazole rings is 1. The van der Waals surface area contributed by atoms with E-state index < -0.39 is 0 Å². The van der Waals surface area contributed by atoms with Crippen LogP contribution in [-0.2, 0) is 17.7 Å². The molecular weight excluding hydrogens is 328 g/mol. The van der Waals surface area contributed by atoms with Gasteiger partial charge in [0.2, 0.25) is 0 Å². The van der Waals surface area contributed by atoms with Crippen LogP contribution >= 0.6 is 27.5 Å². The Bertz CT molecular complexity index is 580. The van der Waals surface area contributed by atoms with Crippen molar-refractivity contribution in [3.8, 4) is 0 Å². The molecule has 0 bridgehead atoms. The molecule has 2 aromatic rings. The molecule has 0 aliphatic heterocycles. The van der Waals surface area contributed by atoms with Crippen molar-refractivity contribution in [1.82, 2.24) is 9.55 Å². The van der Waals surface area contributed by atoms with Gasteiger partial charge in [-0.05, 0) is 32.0 Å². The number of fused-ring (bicyclic) bond motifs is 1. The molecule has 19 heavy (non-hydrogen) atoms. The fourth-order valence-electron chi connectivity index (χ4n) is 2.04. The van der Waals surface area contributed by atoms with E-state index in [1.807, 2.05) is 12.1 Å². The van der Waals surface area contributed by atoms with Gasteiger partial charge >= 0.3 is 0 Å². The molecule has 1 heterocycles. The van der Waals surface area contributed by atoms with Crippen molar-refractivity contribution in [3.63, 3.8) is 0 Å². The van der Waals surface area contributed by atoms with Crippen molar-refractivity contribution >= 4 is 38.6 Å². The average molecular weight is 346 g/mol. The van der Waals surface area contributed by atoms with Crippen molar-refractivity contribution in [3.05, 3.63) is 28.5 Å². The molecule has 0 atom stereocenters. The second-order valence-electron chi connectivity index (χ2n) is 5.15. The predicted molar refractivity (Wildman–Crippen MR) is 82.9 cm³/mol. The van der Waals surface area contributed by atoms with Gasteiger partial charge < -0.3 is 9.30 Å². The summed E-state index contributed by atoms with van der Waals surface area (Å²) in [5.41, 5.74) is 1.87. The molecule has 1 aromatic carbocycles. The van der Waals surface area contributed by atoms with Crippen molar-refractivity contribution in [2.24, 2.45) is 0 Å². The van der Waals surface area contributed by atoms with Gasteiger partial charge in [-0.15, -0.1) is 11.6 Å². The number of hydrogen-bond donors (Lipinski definition) is 0. The van der Waals surface area contributed by atoms with Crippen LogP contribution in [0.15, 0.2) is 22.7 Å². The van der Waals surface area contributed by atoms with Crippen LogP contribution in [0.25, 0.3) is 11.0 Å². The summed E-state index contributed by atoms with van der Waals surface area (Å²) in [7, 11) is 1.73. The van der Waals surface area contributed by atoms with Gasteiger partial charge in [0.15, 0.2) is 0 Å². The van der Waals surface area contributed by atoms with Crippen LogP contribution in [0.3, 0.4) is 0 Å². The van der Waals surface area contributed by atoms with Gasteiger partial charge in [0.05, 0.1) is 23.2 Å². The summed E-state index contributed by atoms with van der Waals surface area (Å²) in [6.07, 6.45) is 0.758. The molecule has 0 aliphatic rings. The molecule has 5 heteroatoms. The fraction of sp³-hybridized carbons (Fsp3) is 0.500. The number of benzene rings is 1. The van der Waals surface area contributed by atoms with Gasteiger partial charge in [-0.25, -0.2) is 4.98 Å². The van der Waals surface area contributed by atoms with Crippen molar-refractivity contribution in [2.75, 3.05) is 13.0 Å². The number of aryl methyl sites for hydroxylation is 1. The van der Waals surface area contributed by atoms with Crippen LogP contribution in [0.1, 0.15) is 19.7 Å². The van der Waals surface area contributed by atoms with E-state index in [1.54, 1.807) is 7.11 Å². The van der Waals surface area contributed by atoms with E-state index in [0.717, 1.165) is 34.3 Å². The highest BCUT2D eigenvalue weighted by Crippen LogP contribution is 2.24. The van der Waals surface area contributed by atoms with Crippen LogP contribution < -0.4 is 0 Å². The summed E-state index contributed by atoms with van der Waals surface area (Å²) in [4.78, 5) is 4.66. The lowest BCUT2D eigenvalue weighted by Gasteiger charge is -2.24. The first kappa shape index (κ1) is 14.8.